The summed E-state index contributed by atoms with van der Waals surface area (Å²) in [5.41, 5.74) is 0. The third-order valence-electron chi connectivity index (χ3n) is 3.09. The predicted molar refractivity (Wildman–Crippen MR) is 79.2 cm³/mol. The molecule has 6 nitrogen and oxygen atoms in total. The molecule has 1 aliphatic rings. The molecule has 1 N–H and O–H groups in total. The molecule has 1 saturated heterocycles. The van der Waals surface area contributed by atoms with E-state index >= 15 is 0 Å². The molecule has 7 heteroatoms. The molecule has 0 saturated carbocycles. The van der Waals surface area contributed by atoms with Gasteiger partial charge in [0.2, 0.25) is 0 Å². The molecule has 0 aromatic rings. The molecule has 2 amide bonds. The Morgan fingerprint density at radius 2 is 2.20 bits per heavy atom. The Labute approximate surface area is 124 Å². The lowest BCUT2D eigenvalue weighted by Crippen LogP contribution is -2.52. The number of carboxylic acids is 1. The maximum atomic E-state index is 12.4. The minimum absolute atomic E-state index is 0.00900. The summed E-state index contributed by atoms with van der Waals surface area (Å²) < 4.78 is 5.43. The van der Waals surface area contributed by atoms with Gasteiger partial charge in [-0.1, -0.05) is 0 Å². The third-order valence-corrected chi connectivity index (χ3v) is 4.18. The van der Waals surface area contributed by atoms with E-state index in [2.05, 4.69) is 0 Å². The maximum absolute atomic E-state index is 12.4. The number of aliphatic carboxylic acids is 1. The van der Waals surface area contributed by atoms with E-state index in [1.165, 1.54) is 0 Å². The fraction of sp³-hybridized carbons (Fsp3) is 0.846. The van der Waals surface area contributed by atoms with Crippen LogP contribution in [0, 0.1) is 0 Å². The van der Waals surface area contributed by atoms with Gasteiger partial charge in [0.05, 0.1) is 25.2 Å². The van der Waals surface area contributed by atoms with Crippen LogP contribution in [0.3, 0.4) is 0 Å². The summed E-state index contributed by atoms with van der Waals surface area (Å²) in [5, 5.41) is 8.93. The van der Waals surface area contributed by atoms with Crippen molar-refractivity contribution in [2.45, 2.75) is 32.4 Å². The first-order valence-electron chi connectivity index (χ1n) is 6.84. The van der Waals surface area contributed by atoms with Crippen LogP contribution >= 0.6 is 11.8 Å². The Balaban J connectivity index is 2.51. The fourth-order valence-electron chi connectivity index (χ4n) is 2.02. The van der Waals surface area contributed by atoms with E-state index in [4.69, 9.17) is 9.84 Å². The predicted octanol–water partition coefficient (Wildman–Crippen LogP) is 1.36. The molecule has 20 heavy (non-hydrogen) atoms. The monoisotopic (exact) mass is 304 g/mol. The first-order chi connectivity index (χ1) is 9.41. The van der Waals surface area contributed by atoms with E-state index in [0.717, 1.165) is 5.75 Å². The van der Waals surface area contributed by atoms with Crippen LogP contribution in [0.2, 0.25) is 0 Å². The summed E-state index contributed by atoms with van der Waals surface area (Å²) in [5.74, 6) is 0.688. The standard InChI is InChI=1S/C13H24N2O4S/c1-10(2)19-6-4-14(3)13(18)15-5-7-20-9-11(15)8-12(16)17/h10-11H,4-9H2,1-3H3,(H,16,17). The Hall–Kier alpha value is -0.950. The van der Waals surface area contributed by atoms with Gasteiger partial charge in [0.1, 0.15) is 0 Å². The van der Waals surface area contributed by atoms with Crippen molar-refractivity contribution < 1.29 is 19.4 Å². The van der Waals surface area contributed by atoms with Crippen molar-refractivity contribution in [1.82, 2.24) is 9.80 Å². The minimum atomic E-state index is -0.860. The first kappa shape index (κ1) is 17.1. The summed E-state index contributed by atoms with van der Waals surface area (Å²) >= 11 is 1.70. The quantitative estimate of drug-likeness (QED) is 0.802. The number of carbonyl (C=O) groups is 2. The molecule has 0 spiro atoms. The van der Waals surface area contributed by atoms with Gasteiger partial charge in [0.15, 0.2) is 0 Å². The highest BCUT2D eigenvalue weighted by atomic mass is 32.2. The van der Waals surface area contributed by atoms with Gasteiger partial charge in [-0.3, -0.25) is 4.79 Å². The van der Waals surface area contributed by atoms with Crippen molar-refractivity contribution in [2.24, 2.45) is 0 Å². The van der Waals surface area contributed by atoms with Gasteiger partial charge in [-0.05, 0) is 13.8 Å². The van der Waals surface area contributed by atoms with Gasteiger partial charge in [0.25, 0.3) is 0 Å². The average Bonchev–Trinajstić information content (AvgIpc) is 2.37. The van der Waals surface area contributed by atoms with Crippen molar-refractivity contribution in [3.63, 3.8) is 0 Å². The molecule has 1 unspecified atom stereocenters. The fourth-order valence-corrected chi connectivity index (χ4v) is 3.08. The van der Waals surface area contributed by atoms with E-state index < -0.39 is 5.97 Å². The molecule has 1 fully saturated rings. The molecule has 0 radical (unpaired) electrons. The number of likely N-dealkylation sites (N-methyl/N-ethyl adjacent to an activating group) is 1. The Kier molecular flexibility index (Phi) is 7.15. The Morgan fingerprint density at radius 3 is 2.80 bits per heavy atom. The van der Waals surface area contributed by atoms with Gasteiger partial charge in [-0.15, -0.1) is 0 Å². The van der Waals surface area contributed by atoms with Gasteiger partial charge in [0, 0.05) is 31.6 Å². The number of amides is 2. The second-order valence-electron chi connectivity index (χ2n) is 5.14. The summed E-state index contributed by atoms with van der Waals surface area (Å²) in [6, 6.07) is -0.323. The van der Waals surface area contributed by atoms with Crippen molar-refractivity contribution in [1.29, 1.82) is 0 Å². The molecular formula is C13H24N2O4S. The van der Waals surface area contributed by atoms with Crippen molar-refractivity contribution in [3.8, 4) is 0 Å². The lowest BCUT2D eigenvalue weighted by Gasteiger charge is -2.37. The highest BCUT2D eigenvalue weighted by Gasteiger charge is 2.30. The highest BCUT2D eigenvalue weighted by molar-refractivity contribution is 7.99. The number of hydrogen-bond acceptors (Lipinski definition) is 4. The number of carbonyl (C=O) groups excluding carboxylic acids is 1. The van der Waals surface area contributed by atoms with Gasteiger partial charge in [-0.2, -0.15) is 11.8 Å². The van der Waals surface area contributed by atoms with E-state index in [1.54, 1.807) is 28.6 Å². The van der Waals surface area contributed by atoms with Crippen molar-refractivity contribution in [2.75, 3.05) is 38.2 Å². The SMILES string of the molecule is CC(C)OCCN(C)C(=O)N1CCSCC1CC(=O)O. The summed E-state index contributed by atoms with van der Waals surface area (Å²) in [4.78, 5) is 26.5. The number of nitrogens with zero attached hydrogens (tertiary/aromatic N) is 2. The summed E-state index contributed by atoms with van der Waals surface area (Å²) in [7, 11) is 1.73. The molecule has 0 aliphatic carbocycles. The van der Waals surface area contributed by atoms with Crippen molar-refractivity contribution >= 4 is 23.8 Å². The number of ether oxygens (including phenoxy) is 1. The molecular weight excluding hydrogens is 280 g/mol. The van der Waals surface area contributed by atoms with E-state index in [1.807, 2.05) is 13.8 Å². The van der Waals surface area contributed by atoms with Gasteiger partial charge < -0.3 is 19.6 Å². The number of hydrogen-bond donors (Lipinski definition) is 1. The number of urea groups is 1. The van der Waals surface area contributed by atoms with Crippen LogP contribution in [0.4, 0.5) is 4.79 Å². The molecule has 0 aromatic heterocycles. The van der Waals surface area contributed by atoms with E-state index in [-0.39, 0.29) is 24.6 Å². The van der Waals surface area contributed by atoms with Crippen LogP contribution in [0.25, 0.3) is 0 Å². The molecule has 1 atom stereocenters. The third kappa shape index (κ3) is 5.58. The second-order valence-corrected chi connectivity index (χ2v) is 6.29. The lowest BCUT2D eigenvalue weighted by molar-refractivity contribution is -0.138. The van der Waals surface area contributed by atoms with Crippen LogP contribution in [-0.4, -0.2) is 77.3 Å². The molecule has 1 heterocycles. The maximum Gasteiger partial charge on any atom is 0.320 e. The largest absolute Gasteiger partial charge is 0.481 e. The molecule has 116 valence electrons. The summed E-state index contributed by atoms with van der Waals surface area (Å²) in [6.45, 7) is 5.52. The Bertz CT molecular complexity index is 338. The molecule has 1 aliphatic heterocycles. The first-order valence-corrected chi connectivity index (χ1v) is 8.00. The minimum Gasteiger partial charge on any atom is -0.481 e. The second kappa shape index (κ2) is 8.36. The topological polar surface area (TPSA) is 70.1 Å². The molecule has 1 rings (SSSR count). The number of rotatable bonds is 6. The van der Waals surface area contributed by atoms with Crippen LogP contribution in [-0.2, 0) is 9.53 Å². The van der Waals surface area contributed by atoms with Gasteiger partial charge in [-0.25, -0.2) is 4.79 Å². The molecule has 0 bridgehead atoms. The van der Waals surface area contributed by atoms with Crippen LogP contribution in [0.5, 0.6) is 0 Å². The van der Waals surface area contributed by atoms with Crippen LogP contribution in [0.15, 0.2) is 0 Å². The van der Waals surface area contributed by atoms with Crippen LogP contribution < -0.4 is 0 Å². The smallest absolute Gasteiger partial charge is 0.320 e. The zero-order valence-electron chi connectivity index (χ0n) is 12.4. The number of thioether (sulfide) groups is 1. The van der Waals surface area contributed by atoms with E-state index in [9.17, 15) is 9.59 Å². The normalized spacial score (nSPS) is 19.2. The van der Waals surface area contributed by atoms with Crippen molar-refractivity contribution in [3.05, 3.63) is 0 Å². The Morgan fingerprint density at radius 1 is 1.50 bits per heavy atom. The average molecular weight is 304 g/mol. The summed E-state index contributed by atoms with van der Waals surface area (Å²) in [6.07, 6.45) is 0.152. The highest BCUT2D eigenvalue weighted by Crippen LogP contribution is 2.20. The number of carboxylic acid groups (broad SMARTS) is 1. The van der Waals surface area contributed by atoms with E-state index in [0.29, 0.717) is 25.4 Å². The van der Waals surface area contributed by atoms with Gasteiger partial charge >= 0.3 is 12.0 Å². The zero-order valence-corrected chi connectivity index (χ0v) is 13.2. The van der Waals surface area contributed by atoms with Crippen LogP contribution in [0.1, 0.15) is 20.3 Å². The molecule has 0 aromatic carbocycles. The zero-order chi connectivity index (χ0) is 15.1. The lowest BCUT2D eigenvalue weighted by atomic mass is 10.2.